The van der Waals surface area contributed by atoms with Crippen molar-refractivity contribution in [1.82, 2.24) is 5.32 Å². The minimum absolute atomic E-state index is 0.610. The molecular formula is C19H31NO. The van der Waals surface area contributed by atoms with Crippen molar-refractivity contribution in [2.75, 3.05) is 13.7 Å². The molecule has 21 heavy (non-hydrogen) atoms. The lowest BCUT2D eigenvalue weighted by molar-refractivity contribution is 0.171. The third kappa shape index (κ3) is 4.47. The summed E-state index contributed by atoms with van der Waals surface area (Å²) in [6, 6.07) is 9.17. The summed E-state index contributed by atoms with van der Waals surface area (Å²) in [4.78, 5) is 0. The maximum Gasteiger partial charge on any atom is 0.118 e. The van der Waals surface area contributed by atoms with Gasteiger partial charge < -0.3 is 10.1 Å². The van der Waals surface area contributed by atoms with Gasteiger partial charge in [0.1, 0.15) is 5.75 Å². The second-order valence-corrected chi connectivity index (χ2v) is 6.74. The predicted octanol–water partition coefficient (Wildman–Crippen LogP) is 4.29. The molecule has 2 rings (SSSR count). The van der Waals surface area contributed by atoms with Crippen LogP contribution in [0, 0.1) is 17.8 Å². The normalized spacial score (nSPS) is 27.3. The van der Waals surface area contributed by atoms with Crippen LogP contribution in [-0.4, -0.2) is 19.7 Å². The molecular weight excluding hydrogens is 258 g/mol. The first kappa shape index (κ1) is 16.4. The standard InChI is InChI=1S/C19H31NO/c1-5-20-19(17-9-6-14(2)15(3)12-17)13-16-7-10-18(21-4)11-8-16/h7-8,10-11,14-15,17,19-20H,5-6,9,12-13H2,1-4H3. The Bertz CT molecular complexity index is 414. The quantitative estimate of drug-likeness (QED) is 0.843. The number of hydrogen-bond donors (Lipinski definition) is 1. The Balaban J connectivity index is 2.00. The molecule has 1 aromatic carbocycles. The number of benzene rings is 1. The van der Waals surface area contributed by atoms with Crippen LogP contribution in [0.3, 0.4) is 0 Å². The molecule has 118 valence electrons. The second-order valence-electron chi connectivity index (χ2n) is 6.74. The highest BCUT2D eigenvalue weighted by molar-refractivity contribution is 5.27. The molecule has 1 aliphatic rings. The van der Waals surface area contributed by atoms with Crippen LogP contribution in [0.1, 0.15) is 45.6 Å². The first-order chi connectivity index (χ1) is 10.1. The molecule has 0 radical (unpaired) electrons. The molecule has 2 heteroatoms. The number of methoxy groups -OCH3 is 1. The fourth-order valence-corrected chi connectivity index (χ4v) is 3.64. The van der Waals surface area contributed by atoms with E-state index >= 15 is 0 Å². The van der Waals surface area contributed by atoms with Gasteiger partial charge in [-0.2, -0.15) is 0 Å². The fraction of sp³-hybridized carbons (Fsp3) is 0.684. The summed E-state index contributed by atoms with van der Waals surface area (Å²) in [6.45, 7) is 8.11. The zero-order valence-electron chi connectivity index (χ0n) is 14.1. The lowest BCUT2D eigenvalue weighted by Gasteiger charge is -2.37. The molecule has 0 spiro atoms. The third-order valence-corrected chi connectivity index (χ3v) is 5.29. The van der Waals surface area contributed by atoms with E-state index in [0.29, 0.717) is 6.04 Å². The van der Waals surface area contributed by atoms with Crippen molar-refractivity contribution in [3.8, 4) is 5.75 Å². The average molecular weight is 289 g/mol. The van der Waals surface area contributed by atoms with Crippen LogP contribution in [0.5, 0.6) is 5.75 Å². The zero-order valence-corrected chi connectivity index (χ0v) is 14.1. The first-order valence-electron chi connectivity index (χ1n) is 8.50. The van der Waals surface area contributed by atoms with Gasteiger partial charge in [0.15, 0.2) is 0 Å². The highest BCUT2D eigenvalue weighted by Crippen LogP contribution is 2.35. The molecule has 1 fully saturated rings. The van der Waals surface area contributed by atoms with Gasteiger partial charge in [-0.3, -0.25) is 0 Å². The number of ether oxygens (including phenoxy) is 1. The van der Waals surface area contributed by atoms with Crippen molar-refractivity contribution in [3.05, 3.63) is 29.8 Å². The van der Waals surface area contributed by atoms with E-state index in [4.69, 9.17) is 4.74 Å². The maximum absolute atomic E-state index is 5.25. The largest absolute Gasteiger partial charge is 0.497 e. The lowest BCUT2D eigenvalue weighted by atomic mass is 9.72. The van der Waals surface area contributed by atoms with Crippen LogP contribution in [0.15, 0.2) is 24.3 Å². The van der Waals surface area contributed by atoms with E-state index in [1.54, 1.807) is 7.11 Å². The van der Waals surface area contributed by atoms with Gasteiger partial charge in [-0.25, -0.2) is 0 Å². The molecule has 1 saturated carbocycles. The Hall–Kier alpha value is -1.02. The summed E-state index contributed by atoms with van der Waals surface area (Å²) in [5, 5.41) is 3.73. The van der Waals surface area contributed by atoms with Gasteiger partial charge in [0, 0.05) is 6.04 Å². The van der Waals surface area contributed by atoms with Gasteiger partial charge in [0.25, 0.3) is 0 Å². The smallest absolute Gasteiger partial charge is 0.118 e. The number of hydrogen-bond acceptors (Lipinski definition) is 2. The molecule has 0 bridgehead atoms. The maximum atomic E-state index is 5.25. The van der Waals surface area contributed by atoms with E-state index in [1.807, 2.05) is 0 Å². The van der Waals surface area contributed by atoms with Gasteiger partial charge in [-0.05, 0) is 61.3 Å². The van der Waals surface area contributed by atoms with Gasteiger partial charge in [0.05, 0.1) is 7.11 Å². The Kier molecular flexibility index (Phi) is 6.10. The van der Waals surface area contributed by atoms with Gasteiger partial charge >= 0.3 is 0 Å². The van der Waals surface area contributed by atoms with Crippen molar-refractivity contribution >= 4 is 0 Å². The number of nitrogens with one attached hydrogen (secondary N) is 1. The average Bonchev–Trinajstić information content (AvgIpc) is 2.50. The minimum Gasteiger partial charge on any atom is -0.497 e. The van der Waals surface area contributed by atoms with Crippen molar-refractivity contribution in [1.29, 1.82) is 0 Å². The van der Waals surface area contributed by atoms with E-state index in [-0.39, 0.29) is 0 Å². The van der Waals surface area contributed by atoms with Crippen LogP contribution in [0.2, 0.25) is 0 Å². The molecule has 0 amide bonds. The van der Waals surface area contributed by atoms with E-state index in [0.717, 1.165) is 36.5 Å². The van der Waals surface area contributed by atoms with E-state index < -0.39 is 0 Å². The predicted molar refractivity (Wildman–Crippen MR) is 89.8 cm³/mol. The van der Waals surface area contributed by atoms with Crippen molar-refractivity contribution < 1.29 is 4.74 Å². The van der Waals surface area contributed by atoms with Crippen LogP contribution in [0.4, 0.5) is 0 Å². The molecule has 1 N–H and O–H groups in total. The molecule has 4 atom stereocenters. The Morgan fingerprint density at radius 2 is 1.86 bits per heavy atom. The third-order valence-electron chi connectivity index (χ3n) is 5.29. The first-order valence-corrected chi connectivity index (χ1v) is 8.50. The molecule has 0 aliphatic heterocycles. The van der Waals surface area contributed by atoms with E-state index in [1.165, 1.54) is 24.8 Å². The number of likely N-dealkylation sites (N-methyl/N-ethyl adjacent to an activating group) is 1. The van der Waals surface area contributed by atoms with Crippen molar-refractivity contribution in [2.45, 2.75) is 52.5 Å². The van der Waals surface area contributed by atoms with Gasteiger partial charge in [-0.15, -0.1) is 0 Å². The molecule has 0 heterocycles. The number of rotatable bonds is 6. The van der Waals surface area contributed by atoms with Crippen LogP contribution in [0.25, 0.3) is 0 Å². The van der Waals surface area contributed by atoms with Crippen LogP contribution < -0.4 is 10.1 Å². The Labute approximate surface area is 130 Å². The summed E-state index contributed by atoms with van der Waals surface area (Å²) in [5.41, 5.74) is 1.41. The van der Waals surface area contributed by atoms with E-state index in [9.17, 15) is 0 Å². The van der Waals surface area contributed by atoms with Crippen LogP contribution >= 0.6 is 0 Å². The monoisotopic (exact) mass is 289 g/mol. The van der Waals surface area contributed by atoms with Gasteiger partial charge in [0.2, 0.25) is 0 Å². The molecule has 4 unspecified atom stereocenters. The minimum atomic E-state index is 0.610. The van der Waals surface area contributed by atoms with E-state index in [2.05, 4.69) is 50.4 Å². The highest BCUT2D eigenvalue weighted by Gasteiger charge is 2.29. The van der Waals surface area contributed by atoms with Gasteiger partial charge in [-0.1, -0.05) is 39.3 Å². The molecule has 0 aromatic heterocycles. The lowest BCUT2D eigenvalue weighted by Crippen LogP contribution is -2.41. The molecule has 0 saturated heterocycles. The fourth-order valence-electron chi connectivity index (χ4n) is 3.64. The topological polar surface area (TPSA) is 21.3 Å². The summed E-state index contributed by atoms with van der Waals surface area (Å²) in [6.07, 6.45) is 5.26. The Morgan fingerprint density at radius 1 is 1.14 bits per heavy atom. The summed E-state index contributed by atoms with van der Waals surface area (Å²) in [7, 11) is 1.72. The SMILES string of the molecule is CCNC(Cc1ccc(OC)cc1)C1CCC(C)C(C)C1. The Morgan fingerprint density at radius 3 is 2.43 bits per heavy atom. The second kappa shape index (κ2) is 7.84. The van der Waals surface area contributed by atoms with Crippen molar-refractivity contribution in [3.63, 3.8) is 0 Å². The molecule has 2 nitrogen and oxygen atoms in total. The van der Waals surface area contributed by atoms with Crippen molar-refractivity contribution in [2.24, 2.45) is 17.8 Å². The zero-order chi connectivity index (χ0) is 15.2. The summed E-state index contributed by atoms with van der Waals surface area (Å²) < 4.78 is 5.25. The summed E-state index contributed by atoms with van der Waals surface area (Å²) >= 11 is 0. The van der Waals surface area contributed by atoms with Crippen LogP contribution in [-0.2, 0) is 6.42 Å². The molecule has 1 aliphatic carbocycles. The molecule has 1 aromatic rings. The summed E-state index contributed by atoms with van der Waals surface area (Å²) in [5.74, 6) is 3.52. The highest BCUT2D eigenvalue weighted by atomic mass is 16.5.